The highest BCUT2D eigenvalue weighted by Gasteiger charge is 2.66. The van der Waals surface area contributed by atoms with Crippen molar-refractivity contribution in [3.63, 3.8) is 0 Å². The first-order chi connectivity index (χ1) is 11.6. The minimum Gasteiger partial charge on any atom is -0.424 e. The lowest BCUT2D eigenvalue weighted by molar-refractivity contribution is -0.318. The van der Waals surface area contributed by atoms with Gasteiger partial charge in [-0.15, -0.1) is 23.2 Å². The predicted molar refractivity (Wildman–Crippen MR) is 88.0 cm³/mol. The first kappa shape index (κ1) is 20.4. The normalized spacial score (nSPS) is 15.2. The fourth-order valence-corrected chi connectivity index (χ4v) is 2.69. The summed E-state index contributed by atoms with van der Waals surface area (Å²) in [7, 11) is 0. The van der Waals surface area contributed by atoms with Gasteiger partial charge in [-0.2, -0.15) is 13.2 Å². The Hall–Kier alpha value is -0.960. The first-order valence-corrected chi connectivity index (χ1v) is 8.59. The highest BCUT2D eigenvalue weighted by Crippen LogP contribution is 2.48. The van der Waals surface area contributed by atoms with Crippen LogP contribution in [-0.4, -0.2) is 47.9 Å². The van der Waals surface area contributed by atoms with Gasteiger partial charge in [0.05, 0.1) is 10.0 Å². The Morgan fingerprint density at radius 2 is 1.52 bits per heavy atom. The van der Waals surface area contributed by atoms with Crippen LogP contribution in [0.15, 0.2) is 12.1 Å². The Balaban J connectivity index is 2.31. The lowest BCUT2D eigenvalue weighted by atomic mass is 10.3. The van der Waals surface area contributed by atoms with E-state index in [1.54, 1.807) is 5.32 Å². The number of carbonyl (C=O) groups excluding carboxylic acids is 1. The zero-order valence-electron chi connectivity index (χ0n) is 12.3. The summed E-state index contributed by atoms with van der Waals surface area (Å²) >= 11 is 22.6. The Labute approximate surface area is 160 Å². The standard InChI is InChI=1S/C13H11Cl4F3N2O3/c14-1-3-22(4-2-15)11(23)21-13(12(18,19)20)24-9-5-7(16)8(17)6-10(9)25-13/h5-6H,1-4H2,(H,21,23). The van der Waals surface area contributed by atoms with Crippen molar-refractivity contribution in [2.45, 2.75) is 12.1 Å². The predicted octanol–water partition coefficient (Wildman–Crippen LogP) is 4.47. The van der Waals surface area contributed by atoms with Gasteiger partial charge in [-0.3, -0.25) is 5.32 Å². The van der Waals surface area contributed by atoms with Crippen LogP contribution in [0, 0.1) is 0 Å². The lowest BCUT2D eigenvalue weighted by Gasteiger charge is -2.32. The minimum atomic E-state index is -5.10. The molecule has 0 spiro atoms. The molecule has 1 heterocycles. The molecule has 12 heteroatoms. The number of hydrogen-bond acceptors (Lipinski definition) is 3. The van der Waals surface area contributed by atoms with E-state index in [1.807, 2.05) is 0 Å². The number of amides is 2. The molecule has 1 aromatic rings. The van der Waals surface area contributed by atoms with E-state index in [4.69, 9.17) is 55.9 Å². The van der Waals surface area contributed by atoms with Crippen molar-refractivity contribution >= 4 is 52.4 Å². The van der Waals surface area contributed by atoms with E-state index < -0.39 is 18.1 Å². The molecule has 0 radical (unpaired) electrons. The maximum absolute atomic E-state index is 13.6. The molecule has 0 bridgehead atoms. The molecular formula is C13H11Cl4F3N2O3. The number of nitrogens with one attached hydrogen (secondary N) is 1. The number of hydrogen-bond donors (Lipinski definition) is 1. The van der Waals surface area contributed by atoms with Gasteiger partial charge in [0.2, 0.25) is 0 Å². The fraction of sp³-hybridized carbons (Fsp3) is 0.462. The van der Waals surface area contributed by atoms with Gasteiger partial charge in [-0.05, 0) is 0 Å². The van der Waals surface area contributed by atoms with Crippen molar-refractivity contribution in [3.8, 4) is 11.5 Å². The second kappa shape index (κ2) is 7.73. The second-order valence-electron chi connectivity index (χ2n) is 4.83. The summed E-state index contributed by atoms with van der Waals surface area (Å²) in [6.07, 6.45) is -5.10. The van der Waals surface area contributed by atoms with Crippen LogP contribution in [0.3, 0.4) is 0 Å². The number of benzene rings is 1. The number of carbonyl (C=O) groups is 1. The quantitative estimate of drug-likeness (QED) is 0.686. The summed E-state index contributed by atoms with van der Waals surface area (Å²) in [4.78, 5) is 13.2. The molecule has 0 unspecified atom stereocenters. The SMILES string of the molecule is O=C(NC1(C(F)(F)F)Oc2cc(Cl)c(Cl)cc2O1)N(CCCl)CCCl. The van der Waals surface area contributed by atoms with E-state index in [0.29, 0.717) is 0 Å². The fourth-order valence-electron chi connectivity index (χ4n) is 1.98. The third-order valence-corrected chi connectivity index (χ3v) is 4.19. The zero-order valence-corrected chi connectivity index (χ0v) is 15.3. The highest BCUT2D eigenvalue weighted by molar-refractivity contribution is 6.42. The molecule has 0 aliphatic carbocycles. The Kier molecular flexibility index (Phi) is 6.30. The third kappa shape index (κ3) is 4.24. The summed E-state index contributed by atoms with van der Waals surface area (Å²) in [5.74, 6) is -4.02. The molecule has 5 nitrogen and oxygen atoms in total. The van der Waals surface area contributed by atoms with Crippen LogP contribution < -0.4 is 14.8 Å². The van der Waals surface area contributed by atoms with Crippen LogP contribution in [0.4, 0.5) is 18.0 Å². The van der Waals surface area contributed by atoms with Crippen LogP contribution in [-0.2, 0) is 0 Å². The Morgan fingerprint density at radius 3 is 1.88 bits per heavy atom. The van der Waals surface area contributed by atoms with Crippen molar-refractivity contribution in [3.05, 3.63) is 22.2 Å². The zero-order chi connectivity index (χ0) is 18.8. The topological polar surface area (TPSA) is 50.8 Å². The maximum Gasteiger partial charge on any atom is 0.492 e. The highest BCUT2D eigenvalue weighted by atomic mass is 35.5. The van der Waals surface area contributed by atoms with Gasteiger partial charge in [0, 0.05) is 37.0 Å². The molecule has 0 fully saturated rings. The summed E-state index contributed by atoms with van der Waals surface area (Å²) in [5.41, 5.74) is 0. The molecule has 1 aliphatic heterocycles. The Morgan fingerprint density at radius 1 is 1.08 bits per heavy atom. The van der Waals surface area contributed by atoms with Crippen molar-refractivity contribution in [1.82, 2.24) is 10.2 Å². The summed E-state index contributed by atoms with van der Waals surface area (Å²) in [5, 5.41) is 1.65. The van der Waals surface area contributed by atoms with Crippen LogP contribution >= 0.6 is 46.4 Å². The van der Waals surface area contributed by atoms with Gasteiger partial charge in [0.15, 0.2) is 11.5 Å². The van der Waals surface area contributed by atoms with Crippen molar-refractivity contribution in [2.24, 2.45) is 0 Å². The minimum absolute atomic E-state index is 0.0104. The van der Waals surface area contributed by atoms with Gasteiger partial charge in [0.1, 0.15) is 0 Å². The molecule has 0 saturated carbocycles. The van der Waals surface area contributed by atoms with Crippen LogP contribution in [0.5, 0.6) is 11.5 Å². The van der Waals surface area contributed by atoms with Crippen LogP contribution in [0.2, 0.25) is 10.0 Å². The average molecular weight is 442 g/mol. The van der Waals surface area contributed by atoms with Gasteiger partial charge >= 0.3 is 18.1 Å². The first-order valence-electron chi connectivity index (χ1n) is 6.76. The van der Waals surface area contributed by atoms with Crippen molar-refractivity contribution < 1.29 is 27.4 Å². The molecule has 140 valence electrons. The molecular weight excluding hydrogens is 431 g/mol. The second-order valence-corrected chi connectivity index (χ2v) is 6.40. The summed E-state index contributed by atoms with van der Waals surface area (Å²) in [6.45, 7) is -0.0305. The molecule has 1 N–H and O–H groups in total. The summed E-state index contributed by atoms with van der Waals surface area (Å²) in [6, 6.07) is 1.02. The monoisotopic (exact) mass is 440 g/mol. The molecule has 1 aromatic carbocycles. The number of fused-ring (bicyclic) bond motifs is 1. The van der Waals surface area contributed by atoms with Gasteiger partial charge in [-0.1, -0.05) is 23.2 Å². The number of rotatable bonds is 5. The van der Waals surface area contributed by atoms with Crippen LogP contribution in [0.1, 0.15) is 0 Å². The van der Waals surface area contributed by atoms with Crippen LogP contribution in [0.25, 0.3) is 0 Å². The maximum atomic E-state index is 13.6. The molecule has 1 aliphatic rings. The van der Waals surface area contributed by atoms with E-state index in [-0.39, 0.29) is 46.4 Å². The van der Waals surface area contributed by atoms with E-state index in [0.717, 1.165) is 17.0 Å². The smallest absolute Gasteiger partial charge is 0.424 e. The third-order valence-electron chi connectivity index (χ3n) is 3.13. The average Bonchev–Trinajstić information content (AvgIpc) is 2.85. The molecule has 0 atom stereocenters. The summed E-state index contributed by atoms with van der Waals surface area (Å²) < 4.78 is 50.4. The van der Waals surface area contributed by atoms with Gasteiger partial charge in [0.25, 0.3) is 0 Å². The van der Waals surface area contributed by atoms with Gasteiger partial charge < -0.3 is 14.4 Å². The molecule has 25 heavy (non-hydrogen) atoms. The number of urea groups is 1. The number of nitrogens with zero attached hydrogens (tertiary/aromatic N) is 1. The number of alkyl halides is 5. The van der Waals surface area contributed by atoms with E-state index in [2.05, 4.69) is 0 Å². The lowest BCUT2D eigenvalue weighted by Crippen LogP contribution is -2.66. The number of ether oxygens (including phenoxy) is 2. The molecule has 0 saturated heterocycles. The molecule has 2 rings (SSSR count). The van der Waals surface area contributed by atoms with E-state index in [9.17, 15) is 18.0 Å². The van der Waals surface area contributed by atoms with E-state index in [1.165, 1.54) is 0 Å². The number of halogens is 7. The molecule has 0 aromatic heterocycles. The molecule has 2 amide bonds. The van der Waals surface area contributed by atoms with Crippen molar-refractivity contribution in [2.75, 3.05) is 24.8 Å². The van der Waals surface area contributed by atoms with Gasteiger partial charge in [-0.25, -0.2) is 4.79 Å². The van der Waals surface area contributed by atoms with Crippen molar-refractivity contribution in [1.29, 1.82) is 0 Å². The largest absolute Gasteiger partial charge is 0.492 e. The van der Waals surface area contributed by atoms with E-state index >= 15 is 0 Å². The Bertz CT molecular complexity index is 623.